The molecule has 5 heteroatoms. The SMILES string of the molecule is NNC(CC1CCCCC1)c1ccccc1OC(F)F. The summed E-state index contributed by atoms with van der Waals surface area (Å²) in [6, 6.07) is 6.72. The van der Waals surface area contributed by atoms with Gasteiger partial charge in [0.15, 0.2) is 0 Å². The lowest BCUT2D eigenvalue weighted by Crippen LogP contribution is -2.30. The molecule has 3 N–H and O–H groups in total. The summed E-state index contributed by atoms with van der Waals surface area (Å²) in [5.74, 6) is 6.44. The Labute approximate surface area is 118 Å². The molecule has 1 aliphatic carbocycles. The molecule has 0 amide bonds. The van der Waals surface area contributed by atoms with E-state index in [4.69, 9.17) is 5.84 Å². The van der Waals surface area contributed by atoms with Gasteiger partial charge in [-0.1, -0.05) is 50.3 Å². The van der Waals surface area contributed by atoms with Crippen molar-refractivity contribution in [3.05, 3.63) is 29.8 Å². The van der Waals surface area contributed by atoms with E-state index in [9.17, 15) is 8.78 Å². The fourth-order valence-corrected chi connectivity index (χ4v) is 3.01. The minimum atomic E-state index is -2.82. The Kier molecular flexibility index (Phi) is 5.73. The van der Waals surface area contributed by atoms with Crippen LogP contribution in [0, 0.1) is 5.92 Å². The normalized spacial score (nSPS) is 18.2. The minimum Gasteiger partial charge on any atom is -0.434 e. The monoisotopic (exact) mass is 284 g/mol. The molecule has 1 atom stereocenters. The highest BCUT2D eigenvalue weighted by Gasteiger charge is 2.22. The average Bonchev–Trinajstić information content (AvgIpc) is 2.46. The van der Waals surface area contributed by atoms with Crippen molar-refractivity contribution in [3.63, 3.8) is 0 Å². The molecule has 0 aliphatic heterocycles. The standard InChI is InChI=1S/C15H22F2N2O/c16-15(17)20-14-9-5-4-8-12(14)13(19-18)10-11-6-2-1-3-7-11/h4-5,8-9,11,13,15,19H,1-3,6-7,10,18H2. The van der Waals surface area contributed by atoms with Crippen LogP contribution in [-0.4, -0.2) is 6.61 Å². The molecule has 20 heavy (non-hydrogen) atoms. The van der Waals surface area contributed by atoms with Crippen LogP contribution in [0.15, 0.2) is 24.3 Å². The second-order valence-electron chi connectivity index (χ2n) is 5.38. The lowest BCUT2D eigenvalue weighted by Gasteiger charge is -2.27. The Morgan fingerprint density at radius 1 is 1.20 bits per heavy atom. The molecule has 0 spiro atoms. The molecule has 1 fully saturated rings. The van der Waals surface area contributed by atoms with Gasteiger partial charge in [-0.15, -0.1) is 0 Å². The molecule has 0 heterocycles. The number of hydrogen-bond donors (Lipinski definition) is 2. The first-order valence-corrected chi connectivity index (χ1v) is 7.20. The Morgan fingerprint density at radius 3 is 2.55 bits per heavy atom. The van der Waals surface area contributed by atoms with E-state index in [1.165, 1.54) is 32.1 Å². The van der Waals surface area contributed by atoms with Crippen LogP contribution in [0.3, 0.4) is 0 Å². The number of hydrazine groups is 1. The van der Waals surface area contributed by atoms with Crippen LogP contribution < -0.4 is 16.0 Å². The third-order valence-corrected chi connectivity index (χ3v) is 4.01. The van der Waals surface area contributed by atoms with Crippen LogP contribution in [-0.2, 0) is 0 Å². The number of para-hydroxylation sites is 1. The van der Waals surface area contributed by atoms with Crippen molar-refractivity contribution >= 4 is 0 Å². The molecule has 1 aromatic carbocycles. The maximum absolute atomic E-state index is 12.5. The Balaban J connectivity index is 2.09. The van der Waals surface area contributed by atoms with Crippen LogP contribution in [0.1, 0.15) is 50.1 Å². The van der Waals surface area contributed by atoms with E-state index >= 15 is 0 Å². The third-order valence-electron chi connectivity index (χ3n) is 4.01. The van der Waals surface area contributed by atoms with E-state index in [-0.39, 0.29) is 11.8 Å². The zero-order chi connectivity index (χ0) is 14.4. The van der Waals surface area contributed by atoms with Crippen LogP contribution in [0.25, 0.3) is 0 Å². The van der Waals surface area contributed by atoms with Gasteiger partial charge in [0.1, 0.15) is 5.75 Å². The van der Waals surface area contributed by atoms with Crippen molar-refractivity contribution in [3.8, 4) is 5.75 Å². The fraction of sp³-hybridized carbons (Fsp3) is 0.600. The summed E-state index contributed by atoms with van der Waals surface area (Å²) in [6.45, 7) is -2.82. The molecule has 1 saturated carbocycles. The van der Waals surface area contributed by atoms with Crippen molar-refractivity contribution in [2.45, 2.75) is 51.2 Å². The van der Waals surface area contributed by atoms with Crippen LogP contribution in [0.4, 0.5) is 8.78 Å². The highest BCUT2D eigenvalue weighted by molar-refractivity contribution is 5.36. The van der Waals surface area contributed by atoms with Gasteiger partial charge in [-0.05, 0) is 18.4 Å². The third kappa shape index (κ3) is 4.15. The predicted octanol–water partition coefficient (Wildman–Crippen LogP) is 3.76. The van der Waals surface area contributed by atoms with Gasteiger partial charge in [0.25, 0.3) is 0 Å². The predicted molar refractivity (Wildman–Crippen MR) is 74.3 cm³/mol. The van der Waals surface area contributed by atoms with Gasteiger partial charge in [0, 0.05) is 11.6 Å². The molecule has 0 saturated heterocycles. The molecule has 1 unspecified atom stereocenters. The Bertz CT molecular complexity index is 409. The summed E-state index contributed by atoms with van der Waals surface area (Å²) < 4.78 is 29.5. The summed E-state index contributed by atoms with van der Waals surface area (Å²) in [4.78, 5) is 0. The topological polar surface area (TPSA) is 47.3 Å². The molecule has 1 aromatic rings. The molecule has 3 nitrogen and oxygen atoms in total. The van der Waals surface area contributed by atoms with E-state index in [0.717, 1.165) is 6.42 Å². The lowest BCUT2D eigenvalue weighted by atomic mass is 9.83. The number of ether oxygens (including phenoxy) is 1. The summed E-state index contributed by atoms with van der Waals surface area (Å²) in [6.07, 6.45) is 7.03. The Hall–Kier alpha value is -1.20. The number of nitrogens with two attached hydrogens (primary N) is 1. The van der Waals surface area contributed by atoms with Gasteiger partial charge in [0.05, 0.1) is 0 Å². The number of hydrogen-bond acceptors (Lipinski definition) is 3. The number of halogens is 2. The number of alkyl halides is 2. The van der Waals surface area contributed by atoms with Crippen molar-refractivity contribution in [2.75, 3.05) is 0 Å². The number of rotatable bonds is 6. The second-order valence-corrected chi connectivity index (χ2v) is 5.38. The molecule has 0 radical (unpaired) electrons. The van der Waals surface area contributed by atoms with E-state index < -0.39 is 6.61 Å². The van der Waals surface area contributed by atoms with E-state index in [1.807, 2.05) is 6.07 Å². The molecule has 0 bridgehead atoms. The molecule has 0 aromatic heterocycles. The number of nitrogens with one attached hydrogen (secondary N) is 1. The summed E-state index contributed by atoms with van der Waals surface area (Å²) in [7, 11) is 0. The quantitative estimate of drug-likeness (QED) is 0.617. The molecular weight excluding hydrogens is 262 g/mol. The van der Waals surface area contributed by atoms with Gasteiger partial charge in [-0.2, -0.15) is 8.78 Å². The summed E-state index contributed by atoms with van der Waals surface area (Å²) >= 11 is 0. The molecule has 112 valence electrons. The zero-order valence-electron chi connectivity index (χ0n) is 11.5. The first-order chi connectivity index (χ1) is 9.70. The summed E-state index contributed by atoms with van der Waals surface area (Å²) in [5, 5.41) is 0. The van der Waals surface area contributed by atoms with Gasteiger partial charge < -0.3 is 4.74 Å². The molecular formula is C15H22F2N2O. The largest absolute Gasteiger partial charge is 0.434 e. The van der Waals surface area contributed by atoms with Crippen LogP contribution >= 0.6 is 0 Å². The van der Waals surface area contributed by atoms with Crippen LogP contribution in [0.2, 0.25) is 0 Å². The molecule has 2 rings (SSSR count). The van der Waals surface area contributed by atoms with Crippen molar-refractivity contribution in [1.29, 1.82) is 0 Å². The Morgan fingerprint density at radius 2 is 1.90 bits per heavy atom. The van der Waals surface area contributed by atoms with E-state index in [2.05, 4.69) is 10.2 Å². The first-order valence-electron chi connectivity index (χ1n) is 7.20. The van der Waals surface area contributed by atoms with Gasteiger partial charge in [-0.25, -0.2) is 0 Å². The smallest absolute Gasteiger partial charge is 0.387 e. The van der Waals surface area contributed by atoms with E-state index in [1.54, 1.807) is 18.2 Å². The maximum atomic E-state index is 12.5. The van der Waals surface area contributed by atoms with Gasteiger partial charge in [-0.3, -0.25) is 11.3 Å². The van der Waals surface area contributed by atoms with Crippen LogP contribution in [0.5, 0.6) is 5.75 Å². The van der Waals surface area contributed by atoms with Gasteiger partial charge in [0.2, 0.25) is 0 Å². The summed E-state index contributed by atoms with van der Waals surface area (Å²) in [5.41, 5.74) is 3.46. The minimum absolute atomic E-state index is 0.145. The highest BCUT2D eigenvalue weighted by Crippen LogP contribution is 2.35. The van der Waals surface area contributed by atoms with E-state index in [0.29, 0.717) is 11.5 Å². The van der Waals surface area contributed by atoms with Crippen molar-refractivity contribution in [1.82, 2.24) is 5.43 Å². The number of benzene rings is 1. The average molecular weight is 284 g/mol. The lowest BCUT2D eigenvalue weighted by molar-refractivity contribution is -0.0507. The highest BCUT2D eigenvalue weighted by atomic mass is 19.3. The first kappa shape index (κ1) is 15.2. The second kappa shape index (κ2) is 7.55. The van der Waals surface area contributed by atoms with Crippen molar-refractivity contribution in [2.24, 2.45) is 11.8 Å². The fourth-order valence-electron chi connectivity index (χ4n) is 3.01. The molecule has 1 aliphatic rings. The van der Waals surface area contributed by atoms with Crippen molar-refractivity contribution < 1.29 is 13.5 Å². The van der Waals surface area contributed by atoms with Gasteiger partial charge >= 0.3 is 6.61 Å². The zero-order valence-corrected chi connectivity index (χ0v) is 11.5. The maximum Gasteiger partial charge on any atom is 0.387 e.